The fourth-order valence-electron chi connectivity index (χ4n) is 5.12. The predicted molar refractivity (Wildman–Crippen MR) is 102 cm³/mol. The van der Waals surface area contributed by atoms with Crippen LogP contribution in [0.3, 0.4) is 0 Å². The lowest BCUT2D eigenvalue weighted by Crippen LogP contribution is -2.63. The molecule has 1 aromatic heterocycles. The van der Waals surface area contributed by atoms with Crippen molar-refractivity contribution in [1.29, 1.82) is 0 Å². The summed E-state index contributed by atoms with van der Waals surface area (Å²) in [5, 5.41) is 11.7. The summed E-state index contributed by atoms with van der Waals surface area (Å²) in [6, 6.07) is 4.73. The Bertz CT molecular complexity index is 884. The number of amides is 1. The third-order valence-corrected chi connectivity index (χ3v) is 6.54. The molecule has 0 radical (unpaired) electrons. The number of nitro groups is 1. The maximum absolute atomic E-state index is 13.2. The molecule has 1 amide bonds. The van der Waals surface area contributed by atoms with Gasteiger partial charge in [-0.2, -0.15) is 0 Å². The summed E-state index contributed by atoms with van der Waals surface area (Å²) in [6.45, 7) is 2.71. The van der Waals surface area contributed by atoms with Crippen molar-refractivity contribution in [3.8, 4) is 0 Å². The highest BCUT2D eigenvalue weighted by Gasteiger charge is 2.58. The number of aromatic amines is 1. The first-order valence-corrected chi connectivity index (χ1v) is 9.62. The van der Waals surface area contributed by atoms with Crippen LogP contribution in [-0.2, 0) is 4.74 Å². The molecule has 0 unspecified atom stereocenters. The zero-order valence-corrected chi connectivity index (χ0v) is 15.7. The van der Waals surface area contributed by atoms with Gasteiger partial charge in [-0.3, -0.25) is 14.9 Å². The molecule has 2 aliphatic carbocycles. The Kier molecular flexibility index (Phi) is 4.42. The lowest BCUT2D eigenvalue weighted by Gasteiger charge is -2.57. The lowest BCUT2D eigenvalue weighted by molar-refractivity contribution is -0.384. The minimum atomic E-state index is -0.434. The number of H-pyrrole nitrogens is 1. The molecule has 0 saturated heterocycles. The highest BCUT2D eigenvalue weighted by Crippen LogP contribution is 2.56. The Hall–Kier alpha value is -2.41. The van der Waals surface area contributed by atoms with Gasteiger partial charge in [0.25, 0.3) is 11.6 Å². The van der Waals surface area contributed by atoms with Gasteiger partial charge in [0.2, 0.25) is 0 Å². The summed E-state index contributed by atoms with van der Waals surface area (Å²) in [5.74, 6) is -0.0898. The number of nitrogens with zero attached hydrogens (tertiary/aromatic N) is 2. The first-order valence-electron chi connectivity index (χ1n) is 9.62. The SMILES string of the molecule is CCO[C@H]1C[C@@H](N(C)C(=O)c2c[nH]c3ccc([N+](=O)[O-])cc23)C12CCCC2. The van der Waals surface area contributed by atoms with Crippen LogP contribution in [0.25, 0.3) is 10.9 Å². The molecule has 1 aromatic carbocycles. The third kappa shape index (κ3) is 2.72. The van der Waals surface area contributed by atoms with Gasteiger partial charge < -0.3 is 14.6 Å². The summed E-state index contributed by atoms with van der Waals surface area (Å²) in [7, 11) is 1.85. The van der Waals surface area contributed by atoms with E-state index in [1.807, 2.05) is 18.9 Å². The van der Waals surface area contributed by atoms with Crippen molar-refractivity contribution >= 4 is 22.5 Å². The van der Waals surface area contributed by atoms with Crippen LogP contribution in [-0.4, -0.2) is 46.5 Å². The smallest absolute Gasteiger partial charge is 0.270 e. The van der Waals surface area contributed by atoms with E-state index in [1.54, 1.807) is 12.3 Å². The molecule has 2 saturated carbocycles. The van der Waals surface area contributed by atoms with Gasteiger partial charge in [-0.15, -0.1) is 0 Å². The number of fused-ring (bicyclic) bond motifs is 1. The Labute approximate surface area is 157 Å². The summed E-state index contributed by atoms with van der Waals surface area (Å²) >= 11 is 0. The summed E-state index contributed by atoms with van der Waals surface area (Å²) in [6.07, 6.45) is 7.31. The molecule has 1 N–H and O–H groups in total. The molecule has 2 fully saturated rings. The Morgan fingerprint density at radius 2 is 2.15 bits per heavy atom. The van der Waals surface area contributed by atoms with Crippen molar-refractivity contribution in [2.45, 2.75) is 51.2 Å². The van der Waals surface area contributed by atoms with Crippen LogP contribution in [0.5, 0.6) is 0 Å². The van der Waals surface area contributed by atoms with Crippen LogP contribution in [0.4, 0.5) is 5.69 Å². The van der Waals surface area contributed by atoms with E-state index in [0.29, 0.717) is 17.6 Å². The van der Waals surface area contributed by atoms with E-state index in [0.717, 1.165) is 24.8 Å². The molecule has 1 heterocycles. The molecule has 2 atom stereocenters. The summed E-state index contributed by atoms with van der Waals surface area (Å²) in [4.78, 5) is 28.8. The number of nitrogens with one attached hydrogen (secondary N) is 1. The second kappa shape index (κ2) is 6.64. The van der Waals surface area contributed by atoms with E-state index in [-0.39, 0.29) is 29.2 Å². The number of hydrogen-bond donors (Lipinski definition) is 1. The number of rotatable bonds is 5. The Balaban J connectivity index is 1.62. The summed E-state index contributed by atoms with van der Waals surface area (Å²) < 4.78 is 5.96. The molecule has 4 rings (SSSR count). The quantitative estimate of drug-likeness (QED) is 0.638. The number of carbonyl (C=O) groups is 1. The number of nitro benzene ring substituents is 1. The van der Waals surface area contributed by atoms with Crippen molar-refractivity contribution in [3.05, 3.63) is 40.1 Å². The van der Waals surface area contributed by atoms with Gasteiger partial charge in [-0.05, 0) is 32.3 Å². The number of ether oxygens (including phenoxy) is 1. The van der Waals surface area contributed by atoms with Gasteiger partial charge in [0.1, 0.15) is 0 Å². The number of hydrogen-bond acceptors (Lipinski definition) is 4. The Morgan fingerprint density at radius 1 is 1.41 bits per heavy atom. The van der Waals surface area contributed by atoms with Gasteiger partial charge in [0.05, 0.1) is 16.6 Å². The molecule has 2 aliphatic rings. The number of carbonyl (C=O) groups excluding carboxylic acids is 1. The summed E-state index contributed by atoms with van der Waals surface area (Å²) in [5.41, 5.74) is 1.28. The average Bonchev–Trinajstić information content (AvgIpc) is 3.31. The molecule has 0 aliphatic heterocycles. The van der Waals surface area contributed by atoms with E-state index in [2.05, 4.69) is 4.98 Å². The molecule has 1 spiro atoms. The van der Waals surface area contributed by atoms with Gasteiger partial charge in [-0.1, -0.05) is 12.8 Å². The van der Waals surface area contributed by atoms with Crippen LogP contribution >= 0.6 is 0 Å². The number of non-ortho nitro benzene ring substituents is 1. The van der Waals surface area contributed by atoms with Crippen molar-refractivity contribution in [2.24, 2.45) is 5.41 Å². The molecule has 7 heteroatoms. The van der Waals surface area contributed by atoms with Crippen LogP contribution in [0.15, 0.2) is 24.4 Å². The molecule has 7 nitrogen and oxygen atoms in total. The third-order valence-electron chi connectivity index (χ3n) is 6.54. The second-order valence-electron chi connectivity index (χ2n) is 7.74. The first-order chi connectivity index (χ1) is 13.0. The van der Waals surface area contributed by atoms with E-state index < -0.39 is 4.92 Å². The normalized spacial score (nSPS) is 23.5. The van der Waals surface area contributed by atoms with Crippen molar-refractivity contribution < 1.29 is 14.5 Å². The van der Waals surface area contributed by atoms with E-state index >= 15 is 0 Å². The average molecular weight is 371 g/mol. The zero-order valence-electron chi connectivity index (χ0n) is 15.7. The fourth-order valence-corrected chi connectivity index (χ4v) is 5.12. The van der Waals surface area contributed by atoms with E-state index in [9.17, 15) is 14.9 Å². The monoisotopic (exact) mass is 371 g/mol. The van der Waals surface area contributed by atoms with Crippen molar-refractivity contribution in [1.82, 2.24) is 9.88 Å². The van der Waals surface area contributed by atoms with E-state index in [1.165, 1.54) is 25.0 Å². The standard InChI is InChI=1S/C20H25N3O4/c1-3-27-18-11-17(20(18)8-4-5-9-20)22(2)19(24)15-12-21-16-7-6-13(23(25)26)10-14(15)16/h6-7,10,12,17-18,21H,3-5,8-9,11H2,1-2H3/t17-,18+/m1/s1. The molecule has 0 bridgehead atoms. The predicted octanol–water partition coefficient (Wildman–Crippen LogP) is 3.89. The number of aromatic nitrogens is 1. The number of benzene rings is 1. The van der Waals surface area contributed by atoms with Crippen LogP contribution < -0.4 is 0 Å². The van der Waals surface area contributed by atoms with Crippen LogP contribution in [0.2, 0.25) is 0 Å². The highest BCUT2D eigenvalue weighted by atomic mass is 16.6. The van der Waals surface area contributed by atoms with Crippen molar-refractivity contribution in [2.75, 3.05) is 13.7 Å². The molecule has 2 aromatic rings. The zero-order chi connectivity index (χ0) is 19.2. The lowest BCUT2D eigenvalue weighted by atomic mass is 9.60. The molecular weight excluding hydrogens is 346 g/mol. The molecule has 144 valence electrons. The van der Waals surface area contributed by atoms with E-state index in [4.69, 9.17) is 4.74 Å². The van der Waals surface area contributed by atoms with Crippen LogP contribution in [0, 0.1) is 15.5 Å². The van der Waals surface area contributed by atoms with Gasteiger partial charge in [-0.25, -0.2) is 0 Å². The minimum absolute atomic E-state index is 0.00822. The van der Waals surface area contributed by atoms with Crippen molar-refractivity contribution in [3.63, 3.8) is 0 Å². The van der Waals surface area contributed by atoms with Crippen LogP contribution in [0.1, 0.15) is 49.4 Å². The maximum atomic E-state index is 13.2. The van der Waals surface area contributed by atoms with Gasteiger partial charge >= 0.3 is 0 Å². The largest absolute Gasteiger partial charge is 0.378 e. The van der Waals surface area contributed by atoms with Gasteiger partial charge in [0.15, 0.2) is 0 Å². The highest BCUT2D eigenvalue weighted by molar-refractivity contribution is 6.07. The maximum Gasteiger partial charge on any atom is 0.270 e. The first kappa shape index (κ1) is 18.0. The van der Waals surface area contributed by atoms with Gasteiger partial charge in [0, 0.05) is 54.3 Å². The Morgan fingerprint density at radius 3 is 2.81 bits per heavy atom. The molecule has 27 heavy (non-hydrogen) atoms. The minimum Gasteiger partial charge on any atom is -0.378 e. The topological polar surface area (TPSA) is 88.5 Å². The molecular formula is C20H25N3O4. The second-order valence-corrected chi connectivity index (χ2v) is 7.74. The fraction of sp³-hybridized carbons (Fsp3) is 0.550.